The molecule has 0 radical (unpaired) electrons. The number of amides is 2. The minimum absolute atomic E-state index is 0.254. The molecule has 0 saturated carbocycles. The van der Waals surface area contributed by atoms with Gasteiger partial charge in [0, 0.05) is 11.4 Å². The first-order valence-electron chi connectivity index (χ1n) is 9.08. The number of hydrogen-bond donors (Lipinski definition) is 2. The highest BCUT2D eigenvalue weighted by Crippen LogP contribution is 2.36. The van der Waals surface area contributed by atoms with Crippen LogP contribution in [0.3, 0.4) is 0 Å². The van der Waals surface area contributed by atoms with Gasteiger partial charge in [0.1, 0.15) is 0 Å². The molecule has 5 nitrogen and oxygen atoms in total. The first-order valence-corrected chi connectivity index (χ1v) is 9.08. The molecule has 0 bridgehead atoms. The van der Waals surface area contributed by atoms with Gasteiger partial charge in [0.25, 0.3) is 0 Å². The van der Waals surface area contributed by atoms with Gasteiger partial charge < -0.3 is 19.9 Å². The highest BCUT2D eigenvalue weighted by atomic mass is 19.4. The molecule has 0 atom stereocenters. The fraction of sp³-hybridized carbons (Fsp3) is 0.350. The molecule has 3 rings (SSSR count). The topological polar surface area (TPSA) is 59.6 Å². The minimum Gasteiger partial charge on any atom is -0.399 e. The molecule has 0 unspecified atom stereocenters. The summed E-state index contributed by atoms with van der Waals surface area (Å²) >= 11 is 0. The largest absolute Gasteiger partial charge is 0.494 e. The number of carbonyl (C=O) groups excluding carboxylic acids is 1. The molecule has 9 heteroatoms. The lowest BCUT2D eigenvalue weighted by Crippen LogP contribution is -2.41. The Hall–Kier alpha value is -2.52. The van der Waals surface area contributed by atoms with E-state index >= 15 is 0 Å². The predicted octanol–water partition coefficient (Wildman–Crippen LogP) is 4.65. The summed E-state index contributed by atoms with van der Waals surface area (Å²) in [5, 5.41) is 5.13. The number of benzene rings is 2. The second kappa shape index (κ2) is 7.38. The molecule has 2 aromatic rings. The van der Waals surface area contributed by atoms with E-state index in [1.165, 1.54) is 12.1 Å². The Morgan fingerprint density at radius 3 is 1.66 bits per heavy atom. The summed E-state index contributed by atoms with van der Waals surface area (Å²) < 4.78 is 49.7. The van der Waals surface area contributed by atoms with Crippen molar-refractivity contribution in [2.75, 3.05) is 10.6 Å². The summed E-state index contributed by atoms with van der Waals surface area (Å²) in [7, 11) is -0.505. The van der Waals surface area contributed by atoms with Crippen molar-refractivity contribution in [2.24, 2.45) is 0 Å². The molecular weight excluding hydrogens is 384 g/mol. The summed E-state index contributed by atoms with van der Waals surface area (Å²) in [4.78, 5) is 12.1. The Labute approximate surface area is 167 Å². The Balaban J connectivity index is 1.59. The molecular formula is C20H22BF3N2O3. The number of hydrogen-bond acceptors (Lipinski definition) is 3. The van der Waals surface area contributed by atoms with E-state index < -0.39 is 36.1 Å². The van der Waals surface area contributed by atoms with Crippen molar-refractivity contribution in [1.29, 1.82) is 0 Å². The van der Waals surface area contributed by atoms with Gasteiger partial charge in [-0.1, -0.05) is 12.1 Å². The van der Waals surface area contributed by atoms with Gasteiger partial charge in [0.2, 0.25) is 0 Å². The zero-order valence-corrected chi connectivity index (χ0v) is 16.6. The van der Waals surface area contributed by atoms with Crippen molar-refractivity contribution in [3.8, 4) is 0 Å². The van der Waals surface area contributed by atoms with Crippen LogP contribution in [-0.2, 0) is 15.5 Å². The van der Waals surface area contributed by atoms with Gasteiger partial charge >= 0.3 is 19.3 Å². The molecule has 1 heterocycles. The maximum Gasteiger partial charge on any atom is 0.494 e. The number of carbonyl (C=O) groups is 1. The Bertz CT molecular complexity index is 865. The molecule has 0 aromatic heterocycles. The molecule has 1 aliphatic rings. The van der Waals surface area contributed by atoms with E-state index in [1.807, 2.05) is 27.7 Å². The van der Waals surface area contributed by atoms with E-state index in [9.17, 15) is 18.0 Å². The summed E-state index contributed by atoms with van der Waals surface area (Å²) in [6.07, 6.45) is -4.42. The molecule has 2 amide bonds. The van der Waals surface area contributed by atoms with Crippen LogP contribution in [-0.4, -0.2) is 24.4 Å². The third-order valence-electron chi connectivity index (χ3n) is 5.16. The zero-order valence-electron chi connectivity index (χ0n) is 16.6. The van der Waals surface area contributed by atoms with Crippen molar-refractivity contribution in [3.63, 3.8) is 0 Å². The average Bonchev–Trinajstić information content (AvgIpc) is 2.83. The molecule has 2 aromatic carbocycles. The quantitative estimate of drug-likeness (QED) is 0.730. The first kappa shape index (κ1) is 21.2. The summed E-state index contributed by atoms with van der Waals surface area (Å²) in [5.74, 6) is 0. The lowest BCUT2D eigenvalue weighted by Gasteiger charge is -2.32. The number of alkyl halides is 3. The zero-order chi connectivity index (χ0) is 21.4. The molecule has 154 valence electrons. The third kappa shape index (κ3) is 4.73. The van der Waals surface area contributed by atoms with Crippen LogP contribution in [0.25, 0.3) is 0 Å². The van der Waals surface area contributed by atoms with Crippen LogP contribution in [0.1, 0.15) is 33.3 Å². The number of urea groups is 1. The van der Waals surface area contributed by atoms with Gasteiger partial charge in [0.05, 0.1) is 16.8 Å². The fourth-order valence-electron chi connectivity index (χ4n) is 2.74. The van der Waals surface area contributed by atoms with E-state index in [4.69, 9.17) is 9.31 Å². The Morgan fingerprint density at radius 1 is 0.828 bits per heavy atom. The van der Waals surface area contributed by atoms with Crippen molar-refractivity contribution in [1.82, 2.24) is 0 Å². The van der Waals surface area contributed by atoms with Gasteiger partial charge in [-0.15, -0.1) is 0 Å². The summed E-state index contributed by atoms with van der Waals surface area (Å²) in [6, 6.07) is 10.6. The maximum absolute atomic E-state index is 12.6. The van der Waals surface area contributed by atoms with Crippen molar-refractivity contribution in [3.05, 3.63) is 54.1 Å². The van der Waals surface area contributed by atoms with Crippen LogP contribution in [0.2, 0.25) is 0 Å². The molecule has 2 N–H and O–H groups in total. The van der Waals surface area contributed by atoms with Crippen molar-refractivity contribution >= 4 is 30.0 Å². The molecule has 29 heavy (non-hydrogen) atoms. The summed E-state index contributed by atoms with van der Waals surface area (Å²) in [5.41, 5.74) is -0.0789. The van der Waals surface area contributed by atoms with Gasteiger partial charge in [-0.05, 0) is 69.6 Å². The molecule has 1 aliphatic heterocycles. The third-order valence-corrected chi connectivity index (χ3v) is 5.16. The smallest absolute Gasteiger partial charge is 0.399 e. The van der Waals surface area contributed by atoms with E-state index in [2.05, 4.69) is 10.6 Å². The molecule has 1 saturated heterocycles. The lowest BCUT2D eigenvalue weighted by atomic mass is 9.79. The predicted molar refractivity (Wildman–Crippen MR) is 106 cm³/mol. The van der Waals surface area contributed by atoms with Crippen molar-refractivity contribution < 1.29 is 27.3 Å². The van der Waals surface area contributed by atoms with Crippen LogP contribution in [0.15, 0.2) is 48.5 Å². The van der Waals surface area contributed by atoms with Crippen LogP contribution in [0.5, 0.6) is 0 Å². The first-order chi connectivity index (χ1) is 13.4. The van der Waals surface area contributed by atoms with Crippen LogP contribution in [0, 0.1) is 0 Å². The SMILES string of the molecule is CC1(C)OB(c2ccc(NC(=O)Nc3ccc(C(F)(F)F)cc3)cc2)OC1(C)C. The normalized spacial score (nSPS) is 17.8. The van der Waals surface area contributed by atoms with Gasteiger partial charge in [0.15, 0.2) is 0 Å². The average molecular weight is 406 g/mol. The van der Waals surface area contributed by atoms with Gasteiger partial charge in [-0.2, -0.15) is 13.2 Å². The van der Waals surface area contributed by atoms with Crippen molar-refractivity contribution in [2.45, 2.75) is 45.1 Å². The molecule has 0 aliphatic carbocycles. The van der Waals surface area contributed by atoms with E-state index in [-0.39, 0.29) is 5.69 Å². The highest BCUT2D eigenvalue weighted by Gasteiger charge is 2.51. The van der Waals surface area contributed by atoms with E-state index in [1.54, 1.807) is 24.3 Å². The number of halogens is 3. The number of rotatable bonds is 3. The highest BCUT2D eigenvalue weighted by molar-refractivity contribution is 6.62. The number of anilines is 2. The Morgan fingerprint density at radius 2 is 1.24 bits per heavy atom. The number of nitrogens with one attached hydrogen (secondary N) is 2. The fourth-order valence-corrected chi connectivity index (χ4v) is 2.74. The summed E-state index contributed by atoms with van der Waals surface area (Å²) in [6.45, 7) is 7.87. The molecule has 1 fully saturated rings. The van der Waals surface area contributed by atoms with Gasteiger partial charge in [-0.25, -0.2) is 4.79 Å². The van der Waals surface area contributed by atoms with Gasteiger partial charge in [-0.3, -0.25) is 0 Å². The minimum atomic E-state index is -4.42. The maximum atomic E-state index is 12.6. The second-order valence-electron chi connectivity index (χ2n) is 7.86. The van der Waals surface area contributed by atoms with E-state index in [0.29, 0.717) is 5.69 Å². The Kier molecular flexibility index (Phi) is 5.40. The van der Waals surface area contributed by atoms with Crippen LogP contribution < -0.4 is 16.1 Å². The lowest BCUT2D eigenvalue weighted by molar-refractivity contribution is -0.137. The van der Waals surface area contributed by atoms with Crippen LogP contribution in [0.4, 0.5) is 29.3 Å². The standard InChI is InChI=1S/C20H22BF3N2O3/c1-18(2)19(3,4)29-21(28-18)14-7-11-16(12-8-14)26-17(27)25-15-9-5-13(6-10-15)20(22,23)24/h5-12H,1-4H3,(H2,25,26,27). The van der Waals surface area contributed by atoms with Crippen LogP contribution >= 0.6 is 0 Å². The second-order valence-corrected chi connectivity index (χ2v) is 7.86. The monoisotopic (exact) mass is 406 g/mol. The molecule has 0 spiro atoms. The van der Waals surface area contributed by atoms with E-state index in [0.717, 1.165) is 17.6 Å².